The molecule has 0 unspecified atom stereocenters. The van der Waals surface area contributed by atoms with Crippen LogP contribution in [0.5, 0.6) is 0 Å². The predicted molar refractivity (Wildman–Crippen MR) is 96.3 cm³/mol. The van der Waals surface area contributed by atoms with Gasteiger partial charge in [0.15, 0.2) is 10.8 Å². The summed E-state index contributed by atoms with van der Waals surface area (Å²) in [7, 11) is 0. The van der Waals surface area contributed by atoms with Crippen LogP contribution < -0.4 is 5.56 Å². The first-order chi connectivity index (χ1) is 12.5. The molecule has 1 aromatic heterocycles. The average molecular weight is 393 g/mol. The molecule has 0 fully saturated rings. The molecule has 0 bridgehead atoms. The number of Topliss-reactive ketones (excluding diaryl/α,β-unsaturated/α-hetero) is 1. The molecule has 0 amide bonds. The van der Waals surface area contributed by atoms with Crippen LogP contribution in [0.25, 0.3) is 5.69 Å². The Bertz CT molecular complexity index is 1020. The molecule has 8 heteroatoms. The van der Waals surface area contributed by atoms with Crippen LogP contribution in [0.1, 0.15) is 10.4 Å². The SMILES string of the molecule is O=C(CSc1nccn(-c2ccc(F)c(Cl)c2)c1=O)c1ccc(F)cc1. The molecule has 26 heavy (non-hydrogen) atoms. The van der Waals surface area contributed by atoms with Gasteiger partial charge in [0.2, 0.25) is 0 Å². The Hall–Kier alpha value is -2.51. The summed E-state index contributed by atoms with van der Waals surface area (Å²) in [5, 5.41) is 0.00955. The first kappa shape index (κ1) is 18.3. The highest BCUT2D eigenvalue weighted by molar-refractivity contribution is 7.99. The van der Waals surface area contributed by atoms with Gasteiger partial charge in [-0.15, -0.1) is 0 Å². The van der Waals surface area contributed by atoms with Gasteiger partial charge < -0.3 is 0 Å². The molecular formula is C18H11ClF2N2O2S. The number of ketones is 1. The van der Waals surface area contributed by atoms with Crippen LogP contribution in [-0.2, 0) is 0 Å². The van der Waals surface area contributed by atoms with Gasteiger partial charge in [-0.1, -0.05) is 23.4 Å². The maximum absolute atomic E-state index is 13.3. The lowest BCUT2D eigenvalue weighted by molar-refractivity contribution is 0.102. The van der Waals surface area contributed by atoms with Crippen molar-refractivity contribution in [3.63, 3.8) is 0 Å². The average Bonchev–Trinajstić information content (AvgIpc) is 2.63. The predicted octanol–water partition coefficient (Wildman–Crippen LogP) is 4.14. The fraction of sp³-hybridized carbons (Fsp3) is 0.0556. The zero-order chi connectivity index (χ0) is 18.7. The van der Waals surface area contributed by atoms with Gasteiger partial charge in [0.05, 0.1) is 16.5 Å². The van der Waals surface area contributed by atoms with Crippen LogP contribution in [0.2, 0.25) is 5.02 Å². The normalized spacial score (nSPS) is 10.7. The summed E-state index contributed by atoms with van der Waals surface area (Å²) >= 11 is 6.73. The van der Waals surface area contributed by atoms with Crippen LogP contribution in [0.4, 0.5) is 8.78 Å². The summed E-state index contributed by atoms with van der Waals surface area (Å²) < 4.78 is 27.5. The summed E-state index contributed by atoms with van der Waals surface area (Å²) in [6, 6.07) is 9.07. The van der Waals surface area contributed by atoms with E-state index in [4.69, 9.17) is 11.6 Å². The number of thioether (sulfide) groups is 1. The van der Waals surface area contributed by atoms with Crippen LogP contribution in [0.15, 0.2) is 64.7 Å². The van der Waals surface area contributed by atoms with Crippen molar-refractivity contribution in [3.8, 4) is 5.69 Å². The van der Waals surface area contributed by atoms with Crippen molar-refractivity contribution in [1.82, 2.24) is 9.55 Å². The Balaban J connectivity index is 1.81. The first-order valence-electron chi connectivity index (χ1n) is 7.40. The molecule has 3 rings (SSSR count). The minimum Gasteiger partial charge on any atom is -0.293 e. The van der Waals surface area contributed by atoms with Gasteiger partial charge in [-0.05, 0) is 42.5 Å². The minimum absolute atomic E-state index is 0.0257. The van der Waals surface area contributed by atoms with E-state index in [1.165, 1.54) is 53.4 Å². The van der Waals surface area contributed by atoms with E-state index in [1.807, 2.05) is 0 Å². The van der Waals surface area contributed by atoms with E-state index in [2.05, 4.69) is 4.98 Å². The highest BCUT2D eigenvalue weighted by Crippen LogP contribution is 2.19. The second kappa shape index (κ2) is 7.80. The second-order valence-electron chi connectivity index (χ2n) is 5.22. The Morgan fingerprint density at radius 2 is 1.88 bits per heavy atom. The second-order valence-corrected chi connectivity index (χ2v) is 6.60. The standard InChI is InChI=1S/C18H11ClF2N2O2S/c19-14-9-13(5-6-15(14)21)23-8-7-22-17(18(23)25)26-10-16(24)11-1-3-12(20)4-2-11/h1-9H,10H2. The Morgan fingerprint density at radius 1 is 1.15 bits per heavy atom. The Morgan fingerprint density at radius 3 is 2.58 bits per heavy atom. The number of nitrogens with zero attached hydrogens (tertiary/aromatic N) is 2. The minimum atomic E-state index is -0.586. The third kappa shape index (κ3) is 4.00. The van der Waals surface area contributed by atoms with Crippen molar-refractivity contribution >= 4 is 29.1 Å². The number of aromatic nitrogens is 2. The summed E-state index contributed by atoms with van der Waals surface area (Å²) in [4.78, 5) is 28.7. The lowest BCUT2D eigenvalue weighted by Crippen LogP contribution is -2.21. The van der Waals surface area contributed by atoms with E-state index < -0.39 is 17.2 Å². The third-order valence-corrected chi connectivity index (χ3v) is 4.75. The lowest BCUT2D eigenvalue weighted by Gasteiger charge is -2.08. The van der Waals surface area contributed by atoms with E-state index in [0.717, 1.165) is 17.8 Å². The van der Waals surface area contributed by atoms with E-state index in [0.29, 0.717) is 11.3 Å². The number of hydrogen-bond acceptors (Lipinski definition) is 4. The fourth-order valence-corrected chi connectivity index (χ4v) is 3.15. The topological polar surface area (TPSA) is 52.0 Å². The molecule has 0 atom stereocenters. The van der Waals surface area contributed by atoms with Crippen molar-refractivity contribution in [3.05, 3.63) is 87.4 Å². The van der Waals surface area contributed by atoms with Crippen molar-refractivity contribution < 1.29 is 13.6 Å². The van der Waals surface area contributed by atoms with E-state index in [1.54, 1.807) is 0 Å². The van der Waals surface area contributed by atoms with Gasteiger partial charge in [-0.3, -0.25) is 14.2 Å². The lowest BCUT2D eigenvalue weighted by atomic mass is 10.1. The molecule has 4 nitrogen and oxygen atoms in total. The monoisotopic (exact) mass is 392 g/mol. The van der Waals surface area contributed by atoms with Crippen molar-refractivity contribution in [2.75, 3.05) is 5.75 Å². The van der Waals surface area contributed by atoms with Gasteiger partial charge in [-0.25, -0.2) is 13.8 Å². The van der Waals surface area contributed by atoms with Crippen LogP contribution in [0, 0.1) is 11.6 Å². The molecule has 0 saturated carbocycles. The number of rotatable bonds is 5. The van der Waals surface area contributed by atoms with Crippen molar-refractivity contribution in [2.45, 2.75) is 5.03 Å². The number of carbonyl (C=O) groups is 1. The molecule has 0 aliphatic carbocycles. The van der Waals surface area contributed by atoms with E-state index >= 15 is 0 Å². The number of carbonyl (C=O) groups excluding carboxylic acids is 1. The van der Waals surface area contributed by atoms with Gasteiger partial charge in [-0.2, -0.15) is 0 Å². The zero-order valence-electron chi connectivity index (χ0n) is 13.2. The Labute approximate surface area is 156 Å². The first-order valence-corrected chi connectivity index (χ1v) is 8.77. The van der Waals surface area contributed by atoms with Crippen LogP contribution in [-0.4, -0.2) is 21.1 Å². The number of halogens is 3. The maximum Gasteiger partial charge on any atom is 0.287 e. The molecule has 3 aromatic rings. The van der Waals surface area contributed by atoms with Crippen molar-refractivity contribution in [1.29, 1.82) is 0 Å². The number of hydrogen-bond donors (Lipinski definition) is 0. The van der Waals surface area contributed by atoms with Gasteiger partial charge in [0.1, 0.15) is 11.6 Å². The summed E-state index contributed by atoms with van der Waals surface area (Å²) in [5.41, 5.74) is 0.281. The maximum atomic E-state index is 13.3. The van der Waals surface area contributed by atoms with Crippen LogP contribution in [0.3, 0.4) is 0 Å². The highest BCUT2D eigenvalue weighted by atomic mass is 35.5. The number of benzene rings is 2. The molecule has 0 saturated heterocycles. The molecule has 2 aromatic carbocycles. The highest BCUT2D eigenvalue weighted by Gasteiger charge is 2.12. The van der Waals surface area contributed by atoms with Crippen LogP contribution >= 0.6 is 23.4 Å². The molecule has 0 aliphatic rings. The largest absolute Gasteiger partial charge is 0.293 e. The molecule has 132 valence electrons. The Kier molecular flexibility index (Phi) is 5.49. The van der Waals surface area contributed by atoms with Gasteiger partial charge in [0.25, 0.3) is 5.56 Å². The molecule has 0 N–H and O–H groups in total. The molecule has 0 radical (unpaired) electrons. The summed E-state index contributed by atoms with van der Waals surface area (Å²) in [6.07, 6.45) is 2.83. The third-order valence-electron chi connectivity index (χ3n) is 3.50. The quantitative estimate of drug-likeness (QED) is 0.483. The molecule has 1 heterocycles. The molecular weight excluding hydrogens is 382 g/mol. The van der Waals surface area contributed by atoms with E-state index in [9.17, 15) is 18.4 Å². The molecule has 0 aliphatic heterocycles. The van der Waals surface area contributed by atoms with Gasteiger partial charge in [0, 0.05) is 18.0 Å². The zero-order valence-corrected chi connectivity index (χ0v) is 14.7. The fourth-order valence-electron chi connectivity index (χ4n) is 2.18. The molecule has 0 spiro atoms. The van der Waals surface area contributed by atoms with Gasteiger partial charge >= 0.3 is 0 Å². The van der Waals surface area contributed by atoms with E-state index in [-0.39, 0.29) is 21.6 Å². The smallest absolute Gasteiger partial charge is 0.287 e. The summed E-state index contributed by atoms with van der Waals surface area (Å²) in [5.74, 6) is -1.30. The summed E-state index contributed by atoms with van der Waals surface area (Å²) in [6.45, 7) is 0. The van der Waals surface area contributed by atoms with Crippen molar-refractivity contribution in [2.24, 2.45) is 0 Å².